The molecule has 2 nitrogen and oxygen atoms in total. The molecule has 0 aromatic carbocycles. The summed E-state index contributed by atoms with van der Waals surface area (Å²) < 4.78 is 42.5. The molecule has 5 heteroatoms. The van der Waals surface area contributed by atoms with Crippen molar-refractivity contribution in [2.24, 2.45) is 0 Å². The maximum absolute atomic E-state index is 11.4. The van der Waals surface area contributed by atoms with E-state index in [1.54, 1.807) is 6.92 Å². The Bertz CT molecular complexity index is 98.5. The van der Waals surface area contributed by atoms with Gasteiger partial charge in [-0.3, -0.25) is 4.74 Å². The van der Waals surface area contributed by atoms with E-state index in [2.05, 4.69) is 9.47 Å². The molecule has 0 aliphatic heterocycles. The Labute approximate surface area is 63.3 Å². The van der Waals surface area contributed by atoms with Gasteiger partial charge in [0.1, 0.15) is 0 Å². The summed E-state index contributed by atoms with van der Waals surface area (Å²) in [5, 5.41) is 0. The normalized spacial score (nSPS) is 15.0. The summed E-state index contributed by atoms with van der Waals surface area (Å²) in [4.78, 5) is 0. The van der Waals surface area contributed by atoms with E-state index in [4.69, 9.17) is 0 Å². The molecule has 0 aliphatic rings. The molecule has 0 aliphatic carbocycles. The number of methoxy groups -OCH3 is 1. The maximum Gasteiger partial charge on any atom is 0.522 e. The number of halogens is 3. The first kappa shape index (κ1) is 10.7. The van der Waals surface area contributed by atoms with E-state index >= 15 is 0 Å². The van der Waals surface area contributed by atoms with Crippen LogP contribution in [0.4, 0.5) is 13.2 Å². The summed E-state index contributed by atoms with van der Waals surface area (Å²) in [6, 6.07) is 0. The molecule has 0 N–H and O–H groups in total. The number of rotatable bonds is 4. The second-order valence-corrected chi connectivity index (χ2v) is 2.02. The van der Waals surface area contributed by atoms with Gasteiger partial charge < -0.3 is 4.74 Å². The lowest BCUT2D eigenvalue weighted by Crippen LogP contribution is -2.23. The molecule has 0 fully saturated rings. The van der Waals surface area contributed by atoms with Crippen LogP contribution >= 0.6 is 0 Å². The lowest BCUT2D eigenvalue weighted by atomic mass is 10.3. The van der Waals surface area contributed by atoms with Gasteiger partial charge in [0, 0.05) is 7.11 Å². The largest absolute Gasteiger partial charge is 0.522 e. The van der Waals surface area contributed by atoms with E-state index in [1.807, 2.05) is 0 Å². The van der Waals surface area contributed by atoms with E-state index in [0.29, 0.717) is 6.42 Å². The third kappa shape index (κ3) is 6.12. The van der Waals surface area contributed by atoms with E-state index in [1.165, 1.54) is 7.11 Å². The van der Waals surface area contributed by atoms with Crippen LogP contribution in [0, 0.1) is 0 Å². The van der Waals surface area contributed by atoms with Crippen molar-refractivity contribution < 1.29 is 22.6 Å². The van der Waals surface area contributed by atoms with E-state index in [0.717, 1.165) is 0 Å². The van der Waals surface area contributed by atoms with Crippen LogP contribution in [0.3, 0.4) is 0 Å². The fraction of sp³-hybridized carbons (Fsp3) is 1.00. The van der Waals surface area contributed by atoms with Crippen LogP contribution in [0.25, 0.3) is 0 Å². The van der Waals surface area contributed by atoms with Crippen molar-refractivity contribution in [3.05, 3.63) is 0 Å². The van der Waals surface area contributed by atoms with Gasteiger partial charge in [0.2, 0.25) is 0 Å². The van der Waals surface area contributed by atoms with Crippen molar-refractivity contribution in [2.75, 3.05) is 13.7 Å². The highest BCUT2D eigenvalue weighted by molar-refractivity contribution is 4.51. The summed E-state index contributed by atoms with van der Waals surface area (Å²) in [6.45, 7) is 1.30. The molecule has 1 atom stereocenters. The molecule has 0 rings (SSSR count). The summed E-state index contributed by atoms with van der Waals surface area (Å²) in [5.41, 5.74) is 0. The Hall–Kier alpha value is -0.290. The highest BCUT2D eigenvalue weighted by Gasteiger charge is 2.29. The minimum atomic E-state index is -4.55. The van der Waals surface area contributed by atoms with Crippen molar-refractivity contribution in [1.82, 2.24) is 0 Å². The second-order valence-electron chi connectivity index (χ2n) is 2.02. The molecule has 68 valence electrons. The van der Waals surface area contributed by atoms with Gasteiger partial charge >= 0.3 is 6.36 Å². The van der Waals surface area contributed by atoms with Crippen molar-refractivity contribution in [1.29, 1.82) is 0 Å². The van der Waals surface area contributed by atoms with Crippen LogP contribution in [0.1, 0.15) is 13.3 Å². The van der Waals surface area contributed by atoms with Gasteiger partial charge in [-0.2, -0.15) is 0 Å². The molecule has 0 amide bonds. The molecule has 0 saturated carbocycles. The fourth-order valence-corrected chi connectivity index (χ4v) is 0.540. The average Bonchev–Trinajstić information content (AvgIpc) is 1.88. The Morgan fingerprint density at radius 3 is 2.18 bits per heavy atom. The highest BCUT2D eigenvalue weighted by Crippen LogP contribution is 2.17. The number of ether oxygens (including phenoxy) is 2. The van der Waals surface area contributed by atoms with Crippen LogP contribution in [0.2, 0.25) is 0 Å². The van der Waals surface area contributed by atoms with E-state index in [9.17, 15) is 13.2 Å². The predicted octanol–water partition coefficient (Wildman–Crippen LogP) is 1.95. The lowest BCUT2D eigenvalue weighted by Gasteiger charge is -2.14. The molecule has 0 bridgehead atoms. The van der Waals surface area contributed by atoms with Crippen LogP contribution < -0.4 is 0 Å². The Kier molecular flexibility index (Phi) is 4.44. The molecule has 0 heterocycles. The number of alkyl halides is 3. The molecule has 0 aromatic rings. The van der Waals surface area contributed by atoms with Crippen molar-refractivity contribution in [3.8, 4) is 0 Å². The van der Waals surface area contributed by atoms with Gasteiger partial charge in [-0.05, 0) is 6.42 Å². The zero-order valence-corrected chi connectivity index (χ0v) is 6.44. The summed E-state index contributed by atoms with van der Waals surface area (Å²) >= 11 is 0. The quantitative estimate of drug-likeness (QED) is 0.645. The molecule has 0 aromatic heterocycles. The van der Waals surface area contributed by atoms with Gasteiger partial charge in [0.05, 0.1) is 12.7 Å². The second kappa shape index (κ2) is 4.56. The SMILES string of the molecule is CCC(COC(F)(F)F)OC. The maximum atomic E-state index is 11.4. The molecule has 11 heavy (non-hydrogen) atoms. The lowest BCUT2D eigenvalue weighted by molar-refractivity contribution is -0.331. The zero-order valence-electron chi connectivity index (χ0n) is 6.44. The van der Waals surface area contributed by atoms with Crippen molar-refractivity contribution >= 4 is 0 Å². The van der Waals surface area contributed by atoms with E-state index < -0.39 is 19.1 Å². The third-order valence-corrected chi connectivity index (χ3v) is 1.22. The van der Waals surface area contributed by atoms with Crippen molar-refractivity contribution in [2.45, 2.75) is 25.8 Å². The first-order chi connectivity index (χ1) is 4.99. The van der Waals surface area contributed by atoms with Crippen molar-refractivity contribution in [3.63, 3.8) is 0 Å². The van der Waals surface area contributed by atoms with Gasteiger partial charge in [0.15, 0.2) is 0 Å². The van der Waals surface area contributed by atoms with Crippen LogP contribution in [0.15, 0.2) is 0 Å². The summed E-state index contributed by atoms with van der Waals surface area (Å²) in [7, 11) is 1.36. The van der Waals surface area contributed by atoms with Gasteiger partial charge in [-0.15, -0.1) is 13.2 Å². The Morgan fingerprint density at radius 1 is 1.36 bits per heavy atom. The molecule has 0 saturated heterocycles. The van der Waals surface area contributed by atoms with E-state index in [-0.39, 0.29) is 0 Å². The highest BCUT2D eigenvalue weighted by atomic mass is 19.4. The van der Waals surface area contributed by atoms with Crippen LogP contribution in [-0.4, -0.2) is 26.2 Å². The Balaban J connectivity index is 3.51. The minimum Gasteiger partial charge on any atom is -0.379 e. The van der Waals surface area contributed by atoms with Gasteiger partial charge in [-0.1, -0.05) is 6.92 Å². The number of hydrogen-bond donors (Lipinski definition) is 0. The first-order valence-electron chi connectivity index (χ1n) is 3.23. The smallest absolute Gasteiger partial charge is 0.379 e. The minimum absolute atomic E-state index is 0.434. The van der Waals surface area contributed by atoms with Crippen LogP contribution in [-0.2, 0) is 9.47 Å². The Morgan fingerprint density at radius 2 is 1.91 bits per heavy atom. The molecule has 0 spiro atoms. The van der Waals surface area contributed by atoms with Crippen LogP contribution in [0.5, 0.6) is 0 Å². The third-order valence-electron chi connectivity index (χ3n) is 1.22. The molecule has 0 radical (unpaired) electrons. The fourth-order valence-electron chi connectivity index (χ4n) is 0.540. The van der Waals surface area contributed by atoms with Gasteiger partial charge in [-0.25, -0.2) is 0 Å². The average molecular weight is 172 g/mol. The predicted molar refractivity (Wildman–Crippen MR) is 33.1 cm³/mol. The standard InChI is InChI=1S/C6H11F3O2/c1-3-5(10-2)4-11-6(7,8)9/h5H,3-4H2,1-2H3. The summed E-state index contributed by atoms with van der Waals surface area (Å²) in [5.74, 6) is 0. The van der Waals surface area contributed by atoms with Gasteiger partial charge in [0.25, 0.3) is 0 Å². The number of hydrogen-bond acceptors (Lipinski definition) is 2. The molecule has 1 unspecified atom stereocenters. The first-order valence-corrected chi connectivity index (χ1v) is 3.23. The molecular weight excluding hydrogens is 161 g/mol. The molecular formula is C6H11F3O2. The summed E-state index contributed by atoms with van der Waals surface area (Å²) in [6.07, 6.45) is -4.52. The monoisotopic (exact) mass is 172 g/mol. The zero-order chi connectivity index (χ0) is 8.91. The topological polar surface area (TPSA) is 18.5 Å².